The van der Waals surface area contributed by atoms with Gasteiger partial charge >= 0.3 is 0 Å². The van der Waals surface area contributed by atoms with Gasteiger partial charge in [0.05, 0.1) is 5.69 Å². The van der Waals surface area contributed by atoms with Crippen LogP contribution < -0.4 is 5.32 Å². The molecule has 2 aromatic rings. The Bertz CT molecular complexity index is 717. The molecule has 1 N–H and O–H groups in total. The highest BCUT2D eigenvalue weighted by Crippen LogP contribution is 2.30. The van der Waals surface area contributed by atoms with Crippen LogP contribution >= 0.6 is 0 Å². The molecule has 0 bridgehead atoms. The molecule has 1 saturated heterocycles. The SMILES string of the molecule is Cc1cc(-n2cncn2)ccc1C(=O)N(CC1CCCN1)C1CC1. The molecule has 24 heavy (non-hydrogen) atoms. The van der Waals surface area contributed by atoms with Crippen molar-refractivity contribution in [3.8, 4) is 5.69 Å². The van der Waals surface area contributed by atoms with Crippen LogP contribution in [0.3, 0.4) is 0 Å². The van der Waals surface area contributed by atoms with Gasteiger partial charge in [-0.15, -0.1) is 0 Å². The van der Waals surface area contributed by atoms with Crippen molar-refractivity contribution in [3.63, 3.8) is 0 Å². The van der Waals surface area contributed by atoms with Gasteiger partial charge in [-0.05, 0) is 62.9 Å². The molecule has 2 aliphatic rings. The number of aromatic nitrogens is 3. The maximum Gasteiger partial charge on any atom is 0.254 e. The number of hydrogen-bond acceptors (Lipinski definition) is 4. The summed E-state index contributed by atoms with van der Waals surface area (Å²) in [7, 11) is 0. The molecule has 0 spiro atoms. The first-order chi connectivity index (χ1) is 11.7. The number of nitrogens with zero attached hydrogens (tertiary/aromatic N) is 4. The molecule has 1 saturated carbocycles. The second-order valence-corrected chi connectivity index (χ2v) is 6.82. The minimum absolute atomic E-state index is 0.161. The van der Waals surface area contributed by atoms with E-state index in [-0.39, 0.29) is 5.91 Å². The van der Waals surface area contributed by atoms with Gasteiger partial charge < -0.3 is 10.2 Å². The zero-order valence-electron chi connectivity index (χ0n) is 14.0. The third-order valence-corrected chi connectivity index (χ3v) is 4.95. The zero-order valence-corrected chi connectivity index (χ0v) is 14.0. The smallest absolute Gasteiger partial charge is 0.254 e. The highest BCUT2D eigenvalue weighted by Gasteiger charge is 2.35. The fourth-order valence-electron chi connectivity index (χ4n) is 3.46. The highest BCUT2D eigenvalue weighted by atomic mass is 16.2. The summed E-state index contributed by atoms with van der Waals surface area (Å²) in [6.07, 6.45) is 7.82. The number of hydrogen-bond donors (Lipinski definition) is 1. The first kappa shape index (κ1) is 15.3. The van der Waals surface area contributed by atoms with E-state index in [1.165, 1.54) is 19.2 Å². The van der Waals surface area contributed by atoms with Crippen molar-refractivity contribution < 1.29 is 4.79 Å². The quantitative estimate of drug-likeness (QED) is 0.912. The molecule has 1 aliphatic heterocycles. The maximum atomic E-state index is 13.1. The molecule has 2 heterocycles. The van der Waals surface area contributed by atoms with Gasteiger partial charge in [0.2, 0.25) is 0 Å². The second kappa shape index (κ2) is 6.36. The van der Waals surface area contributed by atoms with E-state index >= 15 is 0 Å². The highest BCUT2D eigenvalue weighted by molar-refractivity contribution is 5.96. The Balaban J connectivity index is 1.55. The number of rotatable bonds is 5. The first-order valence-corrected chi connectivity index (χ1v) is 8.72. The number of carbonyl (C=O) groups excluding carboxylic acids is 1. The van der Waals surface area contributed by atoms with Gasteiger partial charge in [-0.3, -0.25) is 4.79 Å². The fourth-order valence-corrected chi connectivity index (χ4v) is 3.46. The standard InChI is InChI=1S/C18H23N5O/c1-13-9-16(23-12-19-11-21-23)6-7-17(13)18(24)22(15-4-5-15)10-14-3-2-8-20-14/h6-7,9,11-12,14-15,20H,2-5,8,10H2,1H3. The Morgan fingerprint density at radius 2 is 2.25 bits per heavy atom. The Kier molecular flexibility index (Phi) is 4.06. The van der Waals surface area contributed by atoms with Crippen LogP contribution in [-0.4, -0.2) is 50.7 Å². The van der Waals surface area contributed by atoms with Crippen LogP contribution in [0.25, 0.3) is 5.69 Å². The second-order valence-electron chi connectivity index (χ2n) is 6.82. The fraction of sp³-hybridized carbons (Fsp3) is 0.500. The van der Waals surface area contributed by atoms with Crippen LogP contribution in [0.4, 0.5) is 0 Å². The van der Waals surface area contributed by atoms with Gasteiger partial charge in [0.25, 0.3) is 5.91 Å². The Labute approximate surface area is 141 Å². The summed E-state index contributed by atoms with van der Waals surface area (Å²) >= 11 is 0. The number of carbonyl (C=O) groups is 1. The monoisotopic (exact) mass is 325 g/mol. The molecule has 1 amide bonds. The van der Waals surface area contributed by atoms with Crippen LogP contribution in [0, 0.1) is 6.92 Å². The number of nitrogens with one attached hydrogen (secondary N) is 1. The van der Waals surface area contributed by atoms with E-state index in [2.05, 4.69) is 20.3 Å². The summed E-state index contributed by atoms with van der Waals surface area (Å²) in [6, 6.07) is 6.74. The van der Waals surface area contributed by atoms with E-state index in [0.29, 0.717) is 12.1 Å². The van der Waals surface area contributed by atoms with E-state index in [4.69, 9.17) is 0 Å². The molecule has 1 unspecified atom stereocenters. The van der Waals surface area contributed by atoms with Crippen molar-refractivity contribution in [2.45, 2.75) is 44.7 Å². The normalized spacial score (nSPS) is 20.3. The molecule has 1 aromatic carbocycles. The molecule has 126 valence electrons. The van der Waals surface area contributed by atoms with Crippen molar-refractivity contribution in [3.05, 3.63) is 42.0 Å². The van der Waals surface area contributed by atoms with Gasteiger partial charge in [-0.1, -0.05) is 0 Å². The predicted molar refractivity (Wildman–Crippen MR) is 91.2 cm³/mol. The van der Waals surface area contributed by atoms with E-state index in [0.717, 1.165) is 42.7 Å². The van der Waals surface area contributed by atoms with E-state index in [9.17, 15) is 4.79 Å². The average Bonchev–Trinajstić information content (AvgIpc) is 3.07. The van der Waals surface area contributed by atoms with Gasteiger partial charge in [-0.2, -0.15) is 5.10 Å². The van der Waals surface area contributed by atoms with Gasteiger partial charge in [0, 0.05) is 24.2 Å². The summed E-state index contributed by atoms with van der Waals surface area (Å²) in [5, 5.41) is 7.65. The largest absolute Gasteiger partial charge is 0.334 e. The van der Waals surface area contributed by atoms with Crippen LogP contribution in [0.15, 0.2) is 30.9 Å². The Morgan fingerprint density at radius 3 is 2.88 bits per heavy atom. The summed E-state index contributed by atoms with van der Waals surface area (Å²) in [6.45, 7) is 3.89. The third-order valence-electron chi connectivity index (χ3n) is 4.95. The Morgan fingerprint density at radius 1 is 1.38 bits per heavy atom. The Hall–Kier alpha value is -2.21. The van der Waals surface area contributed by atoms with Crippen molar-refractivity contribution >= 4 is 5.91 Å². The molecule has 1 aromatic heterocycles. The molecular formula is C18H23N5O. The molecule has 6 heteroatoms. The van der Waals surface area contributed by atoms with Crippen molar-refractivity contribution in [1.29, 1.82) is 0 Å². The molecule has 2 fully saturated rings. The number of aryl methyl sites for hydroxylation is 1. The number of benzene rings is 1. The van der Waals surface area contributed by atoms with E-state index in [1.807, 2.05) is 25.1 Å². The lowest BCUT2D eigenvalue weighted by Gasteiger charge is -2.26. The molecule has 4 rings (SSSR count). The predicted octanol–water partition coefficient (Wildman–Crippen LogP) is 1.93. The lowest BCUT2D eigenvalue weighted by Crippen LogP contribution is -2.42. The molecule has 1 atom stereocenters. The van der Waals surface area contributed by atoms with Crippen molar-refractivity contribution in [2.24, 2.45) is 0 Å². The molecule has 0 radical (unpaired) electrons. The maximum absolute atomic E-state index is 13.1. The van der Waals surface area contributed by atoms with E-state index < -0.39 is 0 Å². The summed E-state index contributed by atoms with van der Waals surface area (Å²) in [5.74, 6) is 0.161. The lowest BCUT2D eigenvalue weighted by molar-refractivity contribution is 0.0728. The summed E-state index contributed by atoms with van der Waals surface area (Å²) < 4.78 is 1.71. The topological polar surface area (TPSA) is 63.1 Å². The van der Waals surface area contributed by atoms with Gasteiger partial charge in [0.15, 0.2) is 0 Å². The number of amides is 1. The third kappa shape index (κ3) is 3.06. The zero-order chi connectivity index (χ0) is 16.5. The average molecular weight is 325 g/mol. The van der Waals surface area contributed by atoms with Crippen LogP contribution in [-0.2, 0) is 0 Å². The van der Waals surface area contributed by atoms with Crippen LogP contribution in [0.5, 0.6) is 0 Å². The minimum Gasteiger partial charge on any atom is -0.334 e. The minimum atomic E-state index is 0.161. The van der Waals surface area contributed by atoms with Crippen LogP contribution in [0.2, 0.25) is 0 Å². The van der Waals surface area contributed by atoms with Crippen LogP contribution in [0.1, 0.15) is 41.6 Å². The first-order valence-electron chi connectivity index (χ1n) is 8.72. The van der Waals surface area contributed by atoms with Crippen molar-refractivity contribution in [1.82, 2.24) is 25.0 Å². The molecule has 6 nitrogen and oxygen atoms in total. The van der Waals surface area contributed by atoms with Crippen molar-refractivity contribution in [2.75, 3.05) is 13.1 Å². The molecule has 1 aliphatic carbocycles. The molecular weight excluding hydrogens is 302 g/mol. The van der Waals surface area contributed by atoms with Gasteiger partial charge in [-0.25, -0.2) is 9.67 Å². The van der Waals surface area contributed by atoms with Gasteiger partial charge in [0.1, 0.15) is 12.7 Å². The lowest BCUT2D eigenvalue weighted by atomic mass is 10.1. The summed E-state index contributed by atoms with van der Waals surface area (Å²) in [5.41, 5.74) is 2.71. The van der Waals surface area contributed by atoms with E-state index in [1.54, 1.807) is 11.0 Å². The summed E-state index contributed by atoms with van der Waals surface area (Å²) in [4.78, 5) is 19.2.